The molecule has 0 heterocycles. The van der Waals surface area contributed by atoms with Crippen LogP contribution in [-0.4, -0.2) is 11.8 Å². The quantitative estimate of drug-likeness (QED) is 0.877. The van der Waals surface area contributed by atoms with E-state index in [1.165, 1.54) is 0 Å². The highest BCUT2D eigenvalue weighted by Gasteiger charge is 2.09. The first-order valence-corrected chi connectivity index (χ1v) is 7.22. The minimum Gasteiger partial charge on any atom is -0.325 e. The third-order valence-corrected chi connectivity index (χ3v) is 3.43. The molecule has 2 amide bonds. The number of nitrogens with zero attached hydrogens (tertiary/aromatic N) is 1. The first-order valence-electron chi connectivity index (χ1n) is 6.43. The molecule has 6 heteroatoms. The van der Waals surface area contributed by atoms with E-state index in [0.29, 0.717) is 21.4 Å². The van der Waals surface area contributed by atoms with E-state index in [1.54, 1.807) is 48.5 Å². The molecule has 0 atom stereocenters. The lowest BCUT2D eigenvalue weighted by atomic mass is 10.2. The van der Waals surface area contributed by atoms with Crippen molar-refractivity contribution in [3.63, 3.8) is 0 Å². The number of anilines is 2. The number of amides is 2. The van der Waals surface area contributed by atoms with E-state index in [0.717, 1.165) is 0 Å². The number of benzene rings is 2. The van der Waals surface area contributed by atoms with E-state index < -0.39 is 0 Å². The van der Waals surface area contributed by atoms with Gasteiger partial charge in [0.15, 0.2) is 0 Å². The molecular formula is C16H12BrN3O2. The smallest absolute Gasteiger partial charge is 0.255 e. The Morgan fingerprint density at radius 3 is 2.45 bits per heavy atom. The summed E-state index contributed by atoms with van der Waals surface area (Å²) in [4.78, 5) is 23.4. The van der Waals surface area contributed by atoms with Crippen molar-refractivity contribution in [1.29, 1.82) is 5.26 Å². The van der Waals surface area contributed by atoms with E-state index in [2.05, 4.69) is 26.6 Å². The molecule has 0 aromatic heterocycles. The zero-order valence-corrected chi connectivity index (χ0v) is 13.1. The molecule has 0 radical (unpaired) electrons. The third-order valence-electron chi connectivity index (χ3n) is 2.78. The molecule has 2 N–H and O–H groups in total. The lowest BCUT2D eigenvalue weighted by Crippen LogP contribution is -2.13. The van der Waals surface area contributed by atoms with Crippen LogP contribution in [0, 0.1) is 11.3 Å². The van der Waals surface area contributed by atoms with Crippen molar-refractivity contribution in [3.8, 4) is 6.07 Å². The van der Waals surface area contributed by atoms with E-state index >= 15 is 0 Å². The van der Waals surface area contributed by atoms with Crippen molar-refractivity contribution in [3.05, 3.63) is 58.6 Å². The lowest BCUT2D eigenvalue weighted by molar-refractivity contribution is -0.115. The molecule has 0 aliphatic rings. The average molecular weight is 358 g/mol. The maximum atomic E-state index is 12.1. The fourth-order valence-electron chi connectivity index (χ4n) is 1.76. The molecule has 0 fully saturated rings. The summed E-state index contributed by atoms with van der Waals surface area (Å²) in [5, 5.41) is 13.8. The second-order valence-electron chi connectivity index (χ2n) is 4.40. The van der Waals surface area contributed by atoms with Crippen LogP contribution in [0.2, 0.25) is 0 Å². The zero-order valence-electron chi connectivity index (χ0n) is 11.5. The van der Waals surface area contributed by atoms with Crippen molar-refractivity contribution >= 4 is 39.1 Å². The van der Waals surface area contributed by atoms with Crippen LogP contribution < -0.4 is 10.6 Å². The molecule has 0 saturated carbocycles. The SMILES string of the molecule is N#CCC(=O)Nc1ccc(NC(=O)c2ccccc2)c(Br)c1. The van der Waals surface area contributed by atoms with Crippen LogP contribution in [0.4, 0.5) is 11.4 Å². The molecule has 110 valence electrons. The van der Waals surface area contributed by atoms with E-state index in [1.807, 2.05) is 6.07 Å². The highest BCUT2D eigenvalue weighted by atomic mass is 79.9. The molecule has 0 saturated heterocycles. The number of nitrogens with one attached hydrogen (secondary N) is 2. The summed E-state index contributed by atoms with van der Waals surface area (Å²) in [7, 11) is 0. The van der Waals surface area contributed by atoms with Crippen molar-refractivity contribution in [2.24, 2.45) is 0 Å². The van der Waals surface area contributed by atoms with Crippen LogP contribution in [0.1, 0.15) is 16.8 Å². The predicted octanol–water partition coefficient (Wildman–Crippen LogP) is 3.55. The van der Waals surface area contributed by atoms with E-state index in [4.69, 9.17) is 5.26 Å². The van der Waals surface area contributed by atoms with Gasteiger partial charge in [-0.25, -0.2) is 0 Å². The Bertz CT molecular complexity index is 739. The highest BCUT2D eigenvalue weighted by molar-refractivity contribution is 9.10. The Hall–Kier alpha value is -2.65. The first-order chi connectivity index (χ1) is 10.6. The van der Waals surface area contributed by atoms with Crippen LogP contribution in [0.15, 0.2) is 53.0 Å². The summed E-state index contributed by atoms with van der Waals surface area (Å²) >= 11 is 3.35. The Balaban J connectivity index is 2.09. The zero-order chi connectivity index (χ0) is 15.9. The molecule has 2 rings (SSSR count). The molecule has 0 spiro atoms. The van der Waals surface area contributed by atoms with Gasteiger partial charge in [0.2, 0.25) is 5.91 Å². The minimum absolute atomic E-state index is 0.204. The normalized spacial score (nSPS) is 9.64. The summed E-state index contributed by atoms with van der Waals surface area (Å²) < 4.78 is 0.631. The van der Waals surface area contributed by atoms with Crippen molar-refractivity contribution < 1.29 is 9.59 Å². The second-order valence-corrected chi connectivity index (χ2v) is 5.25. The van der Waals surface area contributed by atoms with Gasteiger partial charge in [0, 0.05) is 15.7 Å². The van der Waals surface area contributed by atoms with Gasteiger partial charge in [-0.3, -0.25) is 9.59 Å². The van der Waals surface area contributed by atoms with Crippen LogP contribution in [0.3, 0.4) is 0 Å². The maximum Gasteiger partial charge on any atom is 0.255 e. The van der Waals surface area contributed by atoms with Gasteiger partial charge >= 0.3 is 0 Å². The highest BCUT2D eigenvalue weighted by Crippen LogP contribution is 2.26. The van der Waals surface area contributed by atoms with Gasteiger partial charge in [-0.1, -0.05) is 18.2 Å². The van der Waals surface area contributed by atoms with E-state index in [9.17, 15) is 9.59 Å². The van der Waals surface area contributed by atoms with Gasteiger partial charge in [0.25, 0.3) is 5.91 Å². The summed E-state index contributed by atoms with van der Waals surface area (Å²) in [5.74, 6) is -0.599. The molecule has 0 unspecified atom stereocenters. The molecule has 5 nitrogen and oxygen atoms in total. The van der Waals surface area contributed by atoms with Gasteiger partial charge in [-0.2, -0.15) is 5.26 Å². The molecule has 0 aliphatic heterocycles. The number of carbonyl (C=O) groups excluding carboxylic acids is 2. The molecule has 0 aliphatic carbocycles. The topological polar surface area (TPSA) is 82.0 Å². The predicted molar refractivity (Wildman–Crippen MR) is 87.4 cm³/mol. The largest absolute Gasteiger partial charge is 0.325 e. The van der Waals surface area contributed by atoms with Crippen molar-refractivity contribution in [2.45, 2.75) is 6.42 Å². The second kappa shape index (κ2) is 7.38. The summed E-state index contributed by atoms with van der Waals surface area (Å²) in [6, 6.07) is 15.6. The number of hydrogen-bond donors (Lipinski definition) is 2. The maximum absolute atomic E-state index is 12.1. The standard InChI is InChI=1S/C16H12BrN3O2/c17-13-10-12(19-15(21)8-9-18)6-7-14(13)20-16(22)11-4-2-1-3-5-11/h1-7,10H,8H2,(H,19,21)(H,20,22). The Morgan fingerprint density at radius 2 is 1.82 bits per heavy atom. The van der Waals surface area contributed by atoms with Crippen LogP contribution >= 0.6 is 15.9 Å². The molecule has 22 heavy (non-hydrogen) atoms. The fourth-order valence-corrected chi connectivity index (χ4v) is 2.23. The molecule has 2 aromatic rings. The number of hydrogen-bond acceptors (Lipinski definition) is 3. The third kappa shape index (κ3) is 4.17. The fraction of sp³-hybridized carbons (Fsp3) is 0.0625. The average Bonchev–Trinajstić information content (AvgIpc) is 2.51. The van der Waals surface area contributed by atoms with Gasteiger partial charge < -0.3 is 10.6 Å². The monoisotopic (exact) mass is 357 g/mol. The lowest BCUT2D eigenvalue weighted by Gasteiger charge is -2.10. The summed E-state index contributed by atoms with van der Waals surface area (Å²) in [6.45, 7) is 0. The van der Waals surface area contributed by atoms with E-state index in [-0.39, 0.29) is 18.2 Å². The van der Waals surface area contributed by atoms with Crippen LogP contribution in [-0.2, 0) is 4.79 Å². The first kappa shape index (κ1) is 15.7. The summed E-state index contributed by atoms with van der Waals surface area (Å²) in [6.07, 6.45) is -0.204. The van der Waals surface area contributed by atoms with Crippen LogP contribution in [0.5, 0.6) is 0 Å². The number of halogens is 1. The Labute approximate surface area is 136 Å². The van der Waals surface area contributed by atoms with Gasteiger partial charge in [0.05, 0.1) is 11.8 Å². The summed E-state index contributed by atoms with van der Waals surface area (Å²) in [5.41, 5.74) is 1.69. The molecular weight excluding hydrogens is 346 g/mol. The van der Waals surface area contributed by atoms with Crippen molar-refractivity contribution in [1.82, 2.24) is 0 Å². The van der Waals surface area contributed by atoms with Gasteiger partial charge in [0.1, 0.15) is 6.42 Å². The van der Waals surface area contributed by atoms with Gasteiger partial charge in [-0.15, -0.1) is 0 Å². The van der Waals surface area contributed by atoms with Crippen molar-refractivity contribution in [2.75, 3.05) is 10.6 Å². The van der Waals surface area contributed by atoms with Crippen LogP contribution in [0.25, 0.3) is 0 Å². The Kier molecular flexibility index (Phi) is 5.28. The number of nitriles is 1. The number of rotatable bonds is 4. The molecule has 0 bridgehead atoms. The molecule has 2 aromatic carbocycles. The van der Waals surface area contributed by atoms with Gasteiger partial charge in [-0.05, 0) is 46.3 Å². The Morgan fingerprint density at radius 1 is 1.09 bits per heavy atom. The number of carbonyl (C=O) groups is 2. The minimum atomic E-state index is -0.379.